The highest BCUT2D eigenvalue weighted by atomic mass is 15.0. The van der Waals surface area contributed by atoms with E-state index in [1.165, 1.54) is 38.1 Å². The van der Waals surface area contributed by atoms with Crippen LogP contribution in [-0.4, -0.2) is 4.57 Å². The van der Waals surface area contributed by atoms with Crippen LogP contribution in [-0.2, 0) is 6.54 Å². The molecule has 1 heteroatoms. The van der Waals surface area contributed by atoms with Gasteiger partial charge in [0.2, 0.25) is 0 Å². The molecular weight excluding hydrogens is 290 g/mol. The van der Waals surface area contributed by atoms with Gasteiger partial charge in [0.1, 0.15) is 0 Å². The van der Waals surface area contributed by atoms with E-state index < -0.39 is 0 Å². The van der Waals surface area contributed by atoms with E-state index in [-0.39, 0.29) is 0 Å². The van der Waals surface area contributed by atoms with Crippen LogP contribution in [0.2, 0.25) is 0 Å². The van der Waals surface area contributed by atoms with Crippen molar-refractivity contribution in [2.45, 2.75) is 6.54 Å². The summed E-state index contributed by atoms with van der Waals surface area (Å²) in [6, 6.07) is 32.7. The summed E-state index contributed by atoms with van der Waals surface area (Å²) in [4.78, 5) is 0. The third kappa shape index (κ3) is 2.02. The summed E-state index contributed by atoms with van der Waals surface area (Å²) in [6.07, 6.45) is 0. The summed E-state index contributed by atoms with van der Waals surface area (Å²) in [6.45, 7) is 0.888. The second kappa shape index (κ2) is 5.24. The fourth-order valence-electron chi connectivity index (χ4n) is 3.69. The van der Waals surface area contributed by atoms with Crippen LogP contribution in [0, 0.1) is 0 Å². The van der Waals surface area contributed by atoms with Gasteiger partial charge < -0.3 is 4.57 Å². The molecule has 1 aromatic heterocycles. The Morgan fingerprint density at radius 2 is 1.12 bits per heavy atom. The van der Waals surface area contributed by atoms with Gasteiger partial charge in [-0.2, -0.15) is 0 Å². The number of aromatic nitrogens is 1. The van der Waals surface area contributed by atoms with Gasteiger partial charge in [-0.05, 0) is 34.5 Å². The van der Waals surface area contributed by atoms with E-state index in [0.717, 1.165) is 6.54 Å². The third-order valence-corrected chi connectivity index (χ3v) is 4.83. The van der Waals surface area contributed by atoms with Gasteiger partial charge in [0.15, 0.2) is 0 Å². The van der Waals surface area contributed by atoms with Gasteiger partial charge >= 0.3 is 0 Å². The maximum Gasteiger partial charge on any atom is 0.0494 e. The summed E-state index contributed by atoms with van der Waals surface area (Å²) in [5.41, 5.74) is 3.93. The molecule has 0 bridgehead atoms. The minimum absolute atomic E-state index is 0.888. The lowest BCUT2D eigenvalue weighted by molar-refractivity contribution is 0.870. The zero-order valence-electron chi connectivity index (χ0n) is 13.3. The van der Waals surface area contributed by atoms with Gasteiger partial charge in [-0.25, -0.2) is 0 Å². The molecule has 0 saturated carbocycles. The molecule has 0 unspecified atom stereocenters. The number of nitrogens with zero attached hydrogens (tertiary/aromatic N) is 1. The quantitative estimate of drug-likeness (QED) is 0.377. The van der Waals surface area contributed by atoms with Gasteiger partial charge in [0, 0.05) is 28.4 Å². The fraction of sp³-hybridized carbons (Fsp3) is 0.0435. The molecule has 1 nitrogen and oxygen atoms in total. The van der Waals surface area contributed by atoms with E-state index in [0.29, 0.717) is 0 Å². The van der Waals surface area contributed by atoms with Crippen molar-refractivity contribution in [2.24, 2.45) is 0 Å². The molecule has 0 aliphatic carbocycles. The first-order valence-electron chi connectivity index (χ1n) is 8.34. The predicted molar refractivity (Wildman–Crippen MR) is 102 cm³/mol. The Morgan fingerprint density at radius 3 is 1.83 bits per heavy atom. The van der Waals surface area contributed by atoms with Gasteiger partial charge in [-0.1, -0.05) is 72.8 Å². The van der Waals surface area contributed by atoms with E-state index in [2.05, 4.69) is 95.6 Å². The summed E-state index contributed by atoms with van der Waals surface area (Å²) in [7, 11) is 0. The molecule has 0 aliphatic heterocycles. The van der Waals surface area contributed by atoms with Crippen molar-refractivity contribution < 1.29 is 0 Å². The Labute approximate surface area is 140 Å². The number of rotatable bonds is 2. The van der Waals surface area contributed by atoms with Crippen molar-refractivity contribution in [1.82, 2.24) is 4.57 Å². The highest BCUT2D eigenvalue weighted by Crippen LogP contribution is 2.29. The first kappa shape index (κ1) is 13.4. The topological polar surface area (TPSA) is 4.93 Å². The van der Waals surface area contributed by atoms with Gasteiger partial charge in [-0.3, -0.25) is 0 Å². The predicted octanol–water partition coefficient (Wildman–Crippen LogP) is 6.00. The fourth-order valence-corrected chi connectivity index (χ4v) is 3.69. The highest BCUT2D eigenvalue weighted by Gasteiger charge is 2.10. The zero-order chi connectivity index (χ0) is 15.9. The van der Waals surface area contributed by atoms with Gasteiger partial charge in [-0.15, -0.1) is 0 Å². The number of para-hydroxylation sites is 2. The summed E-state index contributed by atoms with van der Waals surface area (Å²) in [5, 5.41) is 5.25. The van der Waals surface area contributed by atoms with Crippen molar-refractivity contribution >= 4 is 32.6 Å². The number of hydrogen-bond donors (Lipinski definition) is 0. The molecule has 0 spiro atoms. The summed E-state index contributed by atoms with van der Waals surface area (Å²) in [5.74, 6) is 0. The average molecular weight is 307 g/mol. The molecule has 5 rings (SSSR count). The molecule has 0 atom stereocenters. The molecule has 114 valence electrons. The Hall–Kier alpha value is -3.06. The van der Waals surface area contributed by atoms with Crippen LogP contribution in [0.1, 0.15) is 5.56 Å². The zero-order valence-corrected chi connectivity index (χ0v) is 13.3. The second-order valence-corrected chi connectivity index (χ2v) is 6.30. The monoisotopic (exact) mass is 307 g/mol. The molecule has 5 aromatic rings. The van der Waals surface area contributed by atoms with Crippen LogP contribution in [0.5, 0.6) is 0 Å². The van der Waals surface area contributed by atoms with Gasteiger partial charge in [0.25, 0.3) is 0 Å². The van der Waals surface area contributed by atoms with Crippen LogP contribution in [0.25, 0.3) is 32.6 Å². The molecule has 1 heterocycles. The van der Waals surface area contributed by atoms with Crippen molar-refractivity contribution in [3.8, 4) is 0 Å². The Kier molecular flexibility index (Phi) is 2.92. The largest absolute Gasteiger partial charge is 0.336 e. The van der Waals surface area contributed by atoms with Gasteiger partial charge in [0.05, 0.1) is 0 Å². The van der Waals surface area contributed by atoms with Crippen LogP contribution >= 0.6 is 0 Å². The maximum atomic E-state index is 2.43. The van der Waals surface area contributed by atoms with Crippen molar-refractivity contribution in [3.63, 3.8) is 0 Å². The molecular formula is C23H17N. The third-order valence-electron chi connectivity index (χ3n) is 4.83. The minimum atomic E-state index is 0.888. The van der Waals surface area contributed by atoms with E-state index in [1.807, 2.05) is 0 Å². The molecule has 0 N–H and O–H groups in total. The van der Waals surface area contributed by atoms with Crippen molar-refractivity contribution in [1.29, 1.82) is 0 Å². The Morgan fingerprint density at radius 1 is 0.542 bits per heavy atom. The second-order valence-electron chi connectivity index (χ2n) is 6.30. The number of fused-ring (bicyclic) bond motifs is 4. The van der Waals surface area contributed by atoms with Crippen molar-refractivity contribution in [3.05, 3.63) is 96.6 Å². The highest BCUT2D eigenvalue weighted by molar-refractivity contribution is 6.08. The normalized spacial score (nSPS) is 11.5. The number of hydrogen-bond acceptors (Lipinski definition) is 0. The maximum absolute atomic E-state index is 2.43. The van der Waals surface area contributed by atoms with Crippen molar-refractivity contribution in [2.75, 3.05) is 0 Å². The Balaban J connectivity index is 1.72. The lowest BCUT2D eigenvalue weighted by Gasteiger charge is -2.09. The van der Waals surface area contributed by atoms with Crippen LogP contribution in [0.15, 0.2) is 91.0 Å². The molecule has 4 aromatic carbocycles. The van der Waals surface area contributed by atoms with Crippen LogP contribution in [0.3, 0.4) is 0 Å². The first-order chi connectivity index (χ1) is 11.9. The molecule has 0 radical (unpaired) electrons. The lowest BCUT2D eigenvalue weighted by atomic mass is 10.1. The molecule has 0 fully saturated rings. The molecule has 24 heavy (non-hydrogen) atoms. The van der Waals surface area contributed by atoms with E-state index in [9.17, 15) is 0 Å². The summed E-state index contributed by atoms with van der Waals surface area (Å²) < 4.78 is 2.43. The number of benzene rings is 4. The summed E-state index contributed by atoms with van der Waals surface area (Å²) >= 11 is 0. The van der Waals surface area contributed by atoms with E-state index in [4.69, 9.17) is 0 Å². The molecule has 0 saturated heterocycles. The molecule has 0 amide bonds. The van der Waals surface area contributed by atoms with Crippen LogP contribution in [0.4, 0.5) is 0 Å². The smallest absolute Gasteiger partial charge is 0.0494 e. The standard InChI is InChI=1S/C23H17N/c1-2-8-19-15-17(13-14-18(19)7-1)16-24-22-11-5-3-9-20(22)21-10-4-6-12-23(21)24/h1-15H,16H2. The first-order valence-corrected chi connectivity index (χ1v) is 8.34. The van der Waals surface area contributed by atoms with Crippen LogP contribution < -0.4 is 0 Å². The SMILES string of the molecule is c1ccc2cc(Cn3c4ccccc4c4ccccc43)ccc2c1. The average Bonchev–Trinajstić information content (AvgIpc) is 2.96. The minimum Gasteiger partial charge on any atom is -0.336 e. The van der Waals surface area contributed by atoms with E-state index >= 15 is 0 Å². The lowest BCUT2D eigenvalue weighted by Crippen LogP contribution is -1.99. The molecule has 0 aliphatic rings. The van der Waals surface area contributed by atoms with E-state index in [1.54, 1.807) is 0 Å². The Bertz CT molecular complexity index is 1130.